The Morgan fingerprint density at radius 3 is 2.22 bits per heavy atom. The molecule has 37 heavy (non-hydrogen) atoms. The summed E-state index contributed by atoms with van der Waals surface area (Å²) in [5, 5.41) is 2.68. The smallest absolute Gasteiger partial charge is 0.430 e. The van der Waals surface area contributed by atoms with Crippen LogP contribution in [0, 0.1) is 17.0 Å². The summed E-state index contributed by atoms with van der Waals surface area (Å²) in [6.07, 6.45) is -4.91. The zero-order valence-electron chi connectivity index (χ0n) is 20.3. The zero-order chi connectivity index (χ0) is 27.0. The molecule has 6 nitrogen and oxygen atoms in total. The molecule has 2 aromatic rings. The van der Waals surface area contributed by atoms with Gasteiger partial charge in [0.15, 0.2) is 11.6 Å². The summed E-state index contributed by atoms with van der Waals surface area (Å²) in [5.41, 5.74) is -4.51. The Morgan fingerprint density at radius 2 is 1.65 bits per heavy atom. The van der Waals surface area contributed by atoms with Gasteiger partial charge in [-0.1, -0.05) is 30.3 Å². The van der Waals surface area contributed by atoms with E-state index in [0.717, 1.165) is 24.1 Å². The number of methoxy groups -OCH3 is 2. The number of carbonyl (C=O) groups excluding carboxylic acids is 2. The largest absolute Gasteiger partial charge is 0.493 e. The molecule has 2 heterocycles. The molecule has 11 heteroatoms. The first-order chi connectivity index (χ1) is 17.5. The molecule has 0 unspecified atom stereocenters. The topological polar surface area (TPSA) is 67.9 Å². The van der Waals surface area contributed by atoms with E-state index >= 15 is 0 Å². The fraction of sp³-hybridized carbons (Fsp3) is 0.462. The van der Waals surface area contributed by atoms with Crippen LogP contribution in [-0.2, 0) is 19.9 Å². The van der Waals surface area contributed by atoms with Crippen LogP contribution >= 0.6 is 0 Å². The molecule has 4 rings (SSSR count). The molecular weight excluding hydrogens is 499 g/mol. The highest BCUT2D eigenvalue weighted by Crippen LogP contribution is 2.52. The minimum Gasteiger partial charge on any atom is -0.493 e. The monoisotopic (exact) mass is 526 g/mol. The number of hydrogen-bond donors (Lipinski definition) is 1. The zero-order valence-corrected chi connectivity index (χ0v) is 20.3. The van der Waals surface area contributed by atoms with Crippen molar-refractivity contribution in [1.29, 1.82) is 0 Å². The molecule has 0 aromatic heterocycles. The second-order valence-corrected chi connectivity index (χ2v) is 9.41. The number of hydrogen-bond acceptors (Lipinski definition) is 4. The van der Waals surface area contributed by atoms with E-state index in [4.69, 9.17) is 9.47 Å². The highest BCUT2D eigenvalue weighted by molar-refractivity contribution is 5.88. The molecule has 2 amide bonds. The first-order valence-electron chi connectivity index (χ1n) is 11.8. The number of nitrogens with one attached hydrogen (secondary N) is 1. The van der Waals surface area contributed by atoms with E-state index in [0.29, 0.717) is 0 Å². The van der Waals surface area contributed by atoms with E-state index < -0.39 is 40.7 Å². The van der Waals surface area contributed by atoms with Crippen LogP contribution in [0.4, 0.5) is 22.0 Å². The maximum atomic E-state index is 15.0. The molecule has 0 aliphatic carbocycles. The van der Waals surface area contributed by atoms with Crippen molar-refractivity contribution in [2.75, 3.05) is 33.9 Å². The Balaban J connectivity index is 1.68. The van der Waals surface area contributed by atoms with Crippen molar-refractivity contribution in [2.45, 2.75) is 37.0 Å². The van der Waals surface area contributed by atoms with Gasteiger partial charge in [0, 0.05) is 50.2 Å². The van der Waals surface area contributed by atoms with E-state index in [2.05, 4.69) is 5.32 Å². The number of benzene rings is 2. The van der Waals surface area contributed by atoms with Crippen LogP contribution in [0.2, 0.25) is 0 Å². The molecule has 1 N–H and O–H groups in total. The van der Waals surface area contributed by atoms with Crippen LogP contribution in [0.5, 0.6) is 5.75 Å². The minimum absolute atomic E-state index is 0.00190. The van der Waals surface area contributed by atoms with Crippen LogP contribution in [0.15, 0.2) is 42.5 Å². The molecule has 2 aliphatic rings. The third-order valence-electron chi connectivity index (χ3n) is 7.64. The average molecular weight is 527 g/mol. The molecule has 2 aromatic carbocycles. The number of likely N-dealkylation sites (tertiary alicyclic amines) is 1. The van der Waals surface area contributed by atoms with E-state index in [1.807, 2.05) is 0 Å². The quantitative estimate of drug-likeness (QED) is 0.591. The van der Waals surface area contributed by atoms with Gasteiger partial charge in [-0.3, -0.25) is 9.59 Å². The first-order valence-corrected chi connectivity index (χ1v) is 11.8. The van der Waals surface area contributed by atoms with E-state index in [9.17, 15) is 31.5 Å². The molecule has 2 fully saturated rings. The number of rotatable bonds is 5. The summed E-state index contributed by atoms with van der Waals surface area (Å²) in [6, 6.07) is 8.59. The predicted octanol–water partition coefficient (Wildman–Crippen LogP) is 4.29. The summed E-state index contributed by atoms with van der Waals surface area (Å²) in [5.74, 6) is -4.04. The maximum Gasteiger partial charge on any atom is 0.430 e. The molecule has 2 saturated heterocycles. The summed E-state index contributed by atoms with van der Waals surface area (Å²) in [4.78, 5) is 26.9. The second kappa shape index (κ2) is 9.92. The highest BCUT2D eigenvalue weighted by Gasteiger charge is 2.64. The van der Waals surface area contributed by atoms with Gasteiger partial charge in [0.1, 0.15) is 5.82 Å². The van der Waals surface area contributed by atoms with Crippen molar-refractivity contribution < 1.29 is 41.0 Å². The molecular formula is C26H27F5N2O4. The molecule has 200 valence electrons. The Bertz CT molecular complexity index is 1170. The molecule has 0 saturated carbocycles. The Morgan fingerprint density at radius 1 is 1.03 bits per heavy atom. The lowest BCUT2D eigenvalue weighted by atomic mass is 9.62. The highest BCUT2D eigenvalue weighted by atomic mass is 19.4. The van der Waals surface area contributed by atoms with Gasteiger partial charge in [0.2, 0.25) is 5.91 Å². The number of halogens is 5. The van der Waals surface area contributed by atoms with Gasteiger partial charge in [-0.15, -0.1) is 0 Å². The normalized spacial score (nSPS) is 21.3. The van der Waals surface area contributed by atoms with Crippen LogP contribution < -0.4 is 10.1 Å². The number of nitrogens with zero attached hydrogens (tertiary/aromatic N) is 1. The van der Waals surface area contributed by atoms with Crippen molar-refractivity contribution in [3.05, 3.63) is 65.2 Å². The van der Waals surface area contributed by atoms with Gasteiger partial charge < -0.3 is 19.7 Å². The summed E-state index contributed by atoms with van der Waals surface area (Å²) in [7, 11) is 2.05. The third-order valence-corrected chi connectivity index (χ3v) is 7.64. The Kier molecular flexibility index (Phi) is 7.20. The van der Waals surface area contributed by atoms with Crippen LogP contribution in [0.3, 0.4) is 0 Å². The van der Waals surface area contributed by atoms with Crippen LogP contribution in [0.25, 0.3) is 0 Å². The average Bonchev–Trinajstić information content (AvgIpc) is 2.86. The van der Waals surface area contributed by atoms with Gasteiger partial charge in [-0.2, -0.15) is 13.2 Å². The molecule has 0 radical (unpaired) electrons. The van der Waals surface area contributed by atoms with Crippen molar-refractivity contribution in [2.24, 2.45) is 5.41 Å². The van der Waals surface area contributed by atoms with Crippen molar-refractivity contribution in [3.8, 4) is 5.75 Å². The number of ether oxygens (including phenoxy) is 2. The van der Waals surface area contributed by atoms with Crippen LogP contribution in [0.1, 0.15) is 36.3 Å². The third kappa shape index (κ3) is 4.43. The maximum absolute atomic E-state index is 15.0. The summed E-state index contributed by atoms with van der Waals surface area (Å²) in [6.45, 7) is -0.260. The van der Waals surface area contributed by atoms with Gasteiger partial charge >= 0.3 is 6.18 Å². The number of carbonyl (C=O) groups is 2. The lowest BCUT2D eigenvalue weighted by Crippen LogP contribution is -2.60. The number of amides is 2. The fourth-order valence-corrected chi connectivity index (χ4v) is 5.73. The SMILES string of the molecule is COc1c(F)ccc(F)c1[C@@H]1CNC(=O)CC12CCN(C(=O)[C@](OC)(c1ccccc1)C(F)(F)F)CC2. The minimum atomic E-state index is -5.05. The Hall–Kier alpha value is -3.21. The van der Waals surface area contributed by atoms with E-state index in [1.165, 1.54) is 37.4 Å². The lowest BCUT2D eigenvalue weighted by molar-refractivity contribution is -0.271. The van der Waals surface area contributed by atoms with Crippen molar-refractivity contribution in [3.63, 3.8) is 0 Å². The van der Waals surface area contributed by atoms with Gasteiger partial charge in [-0.05, 0) is 30.4 Å². The summed E-state index contributed by atoms with van der Waals surface area (Å²) >= 11 is 0. The van der Waals surface area contributed by atoms with Crippen molar-refractivity contribution in [1.82, 2.24) is 10.2 Å². The molecule has 0 bridgehead atoms. The van der Waals surface area contributed by atoms with Crippen molar-refractivity contribution >= 4 is 11.8 Å². The second-order valence-electron chi connectivity index (χ2n) is 9.41. The lowest BCUT2D eigenvalue weighted by Gasteiger charge is -2.50. The van der Waals surface area contributed by atoms with E-state index in [1.54, 1.807) is 0 Å². The summed E-state index contributed by atoms with van der Waals surface area (Å²) < 4.78 is 82.7. The standard InChI is InChI=1S/C26H27F5N2O4/c1-36-22-19(28)9-8-18(27)21(22)17-15-32-20(34)14-24(17)10-12-33(13-11-24)23(35)25(37-2,26(29,30)31)16-6-4-3-5-7-16/h3-9,17H,10-15H2,1-2H3,(H,32,34)/t17-,25+/m0/s1. The molecule has 1 spiro atoms. The van der Waals surface area contributed by atoms with E-state index in [-0.39, 0.29) is 61.7 Å². The van der Waals surface area contributed by atoms with Gasteiger partial charge in [0.05, 0.1) is 7.11 Å². The fourth-order valence-electron chi connectivity index (χ4n) is 5.73. The number of piperidine rings is 2. The van der Waals surface area contributed by atoms with Gasteiger partial charge in [0.25, 0.3) is 11.5 Å². The Labute approximate surface area is 210 Å². The predicted molar refractivity (Wildman–Crippen MR) is 123 cm³/mol. The number of alkyl halides is 3. The van der Waals surface area contributed by atoms with Crippen LogP contribution in [-0.4, -0.2) is 56.7 Å². The van der Waals surface area contributed by atoms with Gasteiger partial charge in [-0.25, -0.2) is 8.78 Å². The first kappa shape index (κ1) is 26.8. The molecule has 2 aliphatic heterocycles. The molecule has 2 atom stereocenters.